The van der Waals surface area contributed by atoms with Gasteiger partial charge in [-0.25, -0.2) is 4.39 Å². The number of hydrogen-bond donors (Lipinski definition) is 2. The quantitative estimate of drug-likeness (QED) is 0.772. The number of carbonyl (C=O) groups excluding carboxylic acids is 1. The van der Waals surface area contributed by atoms with Crippen LogP contribution in [0, 0.1) is 17.7 Å². The molecule has 1 aliphatic heterocycles. The molecule has 1 amide bonds. The van der Waals surface area contributed by atoms with Gasteiger partial charge in [0.15, 0.2) is 6.10 Å². The molecule has 1 atom stereocenters. The molecule has 1 aromatic carbocycles. The van der Waals surface area contributed by atoms with Crippen LogP contribution in [-0.2, 0) is 14.3 Å². The summed E-state index contributed by atoms with van der Waals surface area (Å²) in [5, 5.41) is 2.47. The number of carbonyl (C=O) groups is 1. The minimum atomic E-state index is -0.708. The fraction of sp³-hybridized carbons (Fsp3) is 0.357. The van der Waals surface area contributed by atoms with Gasteiger partial charge in [0.05, 0.1) is 32.1 Å². The molecule has 3 N–H and O–H groups in total. The number of nitrogens with two attached hydrogens (primary N) is 1. The number of rotatable bonds is 2. The zero-order chi connectivity index (χ0) is 14.4. The Morgan fingerprint density at radius 2 is 2.35 bits per heavy atom. The molecule has 1 aliphatic rings. The highest BCUT2D eigenvalue weighted by molar-refractivity contribution is 5.94. The fourth-order valence-electron chi connectivity index (χ4n) is 1.70. The number of nitrogens with one attached hydrogen (secondary N) is 1. The van der Waals surface area contributed by atoms with Gasteiger partial charge in [-0.3, -0.25) is 4.79 Å². The van der Waals surface area contributed by atoms with Crippen LogP contribution in [-0.4, -0.2) is 38.4 Å². The van der Waals surface area contributed by atoms with Gasteiger partial charge in [0.1, 0.15) is 5.82 Å². The molecule has 0 radical (unpaired) electrons. The lowest BCUT2D eigenvalue weighted by Gasteiger charge is -2.22. The molecule has 0 saturated carbocycles. The molecule has 20 heavy (non-hydrogen) atoms. The monoisotopic (exact) mass is 278 g/mol. The topological polar surface area (TPSA) is 73.6 Å². The summed E-state index contributed by atoms with van der Waals surface area (Å²) >= 11 is 0. The largest absolute Gasteiger partial charge is 0.376 e. The van der Waals surface area contributed by atoms with E-state index in [9.17, 15) is 9.18 Å². The number of ether oxygens (including phenoxy) is 2. The Kier molecular flexibility index (Phi) is 5.07. The van der Waals surface area contributed by atoms with E-state index >= 15 is 0 Å². The number of amides is 1. The molecule has 5 nitrogen and oxygen atoms in total. The first kappa shape index (κ1) is 14.5. The van der Waals surface area contributed by atoms with Gasteiger partial charge < -0.3 is 20.5 Å². The summed E-state index contributed by atoms with van der Waals surface area (Å²) in [4.78, 5) is 11.8. The second-order valence-corrected chi connectivity index (χ2v) is 4.12. The van der Waals surface area contributed by atoms with Crippen LogP contribution in [0.5, 0.6) is 0 Å². The van der Waals surface area contributed by atoms with Crippen molar-refractivity contribution in [3.63, 3.8) is 0 Å². The molecular formula is C14H15FN2O3. The van der Waals surface area contributed by atoms with Crippen molar-refractivity contribution in [2.45, 2.75) is 6.10 Å². The summed E-state index contributed by atoms with van der Waals surface area (Å²) in [6.07, 6.45) is -0.708. The molecule has 0 aromatic heterocycles. The first-order chi connectivity index (χ1) is 9.70. The SMILES string of the molecule is NCC#Cc1ccc(NC(=O)C2COCCO2)c(F)c1. The molecule has 6 heteroatoms. The Morgan fingerprint density at radius 3 is 3.00 bits per heavy atom. The number of hydrogen-bond acceptors (Lipinski definition) is 4. The third kappa shape index (κ3) is 3.78. The zero-order valence-corrected chi connectivity index (χ0v) is 10.8. The Morgan fingerprint density at radius 1 is 1.50 bits per heavy atom. The van der Waals surface area contributed by atoms with E-state index in [1.807, 2.05) is 0 Å². The summed E-state index contributed by atoms with van der Waals surface area (Å²) in [6.45, 7) is 1.20. The van der Waals surface area contributed by atoms with Crippen LogP contribution >= 0.6 is 0 Å². The summed E-state index contributed by atoms with van der Waals surface area (Å²) in [7, 11) is 0. The maximum Gasteiger partial charge on any atom is 0.255 e. The van der Waals surface area contributed by atoms with Gasteiger partial charge in [-0.2, -0.15) is 0 Å². The average molecular weight is 278 g/mol. The molecule has 1 fully saturated rings. The van der Waals surface area contributed by atoms with E-state index < -0.39 is 17.8 Å². The molecule has 106 valence electrons. The Bertz CT molecular complexity index is 545. The van der Waals surface area contributed by atoms with Crippen LogP contribution in [0.2, 0.25) is 0 Å². The maximum atomic E-state index is 13.8. The van der Waals surface area contributed by atoms with E-state index in [-0.39, 0.29) is 18.8 Å². The highest BCUT2D eigenvalue weighted by Gasteiger charge is 2.23. The third-order valence-electron chi connectivity index (χ3n) is 2.67. The van der Waals surface area contributed by atoms with E-state index in [1.54, 1.807) is 6.07 Å². The molecule has 1 heterocycles. The summed E-state index contributed by atoms with van der Waals surface area (Å²) in [5.41, 5.74) is 5.83. The highest BCUT2D eigenvalue weighted by atomic mass is 19.1. The number of halogens is 1. The zero-order valence-electron chi connectivity index (χ0n) is 10.8. The van der Waals surface area contributed by atoms with Gasteiger partial charge in [-0.05, 0) is 18.2 Å². The van der Waals surface area contributed by atoms with Crippen molar-refractivity contribution in [1.82, 2.24) is 0 Å². The van der Waals surface area contributed by atoms with Crippen molar-refractivity contribution in [2.75, 3.05) is 31.7 Å². The standard InChI is InChI=1S/C14H15FN2O3/c15-11-8-10(2-1-5-16)3-4-12(11)17-14(18)13-9-19-6-7-20-13/h3-4,8,13H,5-7,9,16H2,(H,17,18). The molecule has 0 bridgehead atoms. The van der Waals surface area contributed by atoms with Crippen molar-refractivity contribution in [3.8, 4) is 11.8 Å². The van der Waals surface area contributed by atoms with Gasteiger partial charge in [-0.15, -0.1) is 0 Å². The van der Waals surface area contributed by atoms with Gasteiger partial charge in [0, 0.05) is 5.56 Å². The molecule has 1 unspecified atom stereocenters. The molecule has 1 saturated heterocycles. The lowest BCUT2D eigenvalue weighted by atomic mass is 10.2. The Hall–Kier alpha value is -1.94. The summed E-state index contributed by atoms with van der Waals surface area (Å²) in [5.74, 6) is 4.36. The average Bonchev–Trinajstić information content (AvgIpc) is 2.48. The van der Waals surface area contributed by atoms with E-state index in [2.05, 4.69) is 17.2 Å². The first-order valence-electron chi connectivity index (χ1n) is 6.19. The van der Waals surface area contributed by atoms with Crippen LogP contribution in [0.15, 0.2) is 18.2 Å². The second kappa shape index (κ2) is 7.01. The molecule has 0 aliphatic carbocycles. The van der Waals surface area contributed by atoms with Gasteiger partial charge >= 0.3 is 0 Å². The van der Waals surface area contributed by atoms with E-state index in [4.69, 9.17) is 15.2 Å². The predicted molar refractivity (Wildman–Crippen MR) is 71.5 cm³/mol. The lowest BCUT2D eigenvalue weighted by molar-refractivity contribution is -0.142. The van der Waals surface area contributed by atoms with Crippen molar-refractivity contribution in [1.29, 1.82) is 0 Å². The van der Waals surface area contributed by atoms with Crippen molar-refractivity contribution in [2.24, 2.45) is 5.73 Å². The minimum absolute atomic E-state index is 0.0856. The van der Waals surface area contributed by atoms with Gasteiger partial charge in [0.25, 0.3) is 5.91 Å². The lowest BCUT2D eigenvalue weighted by Crippen LogP contribution is -2.39. The molecule has 0 spiro atoms. The van der Waals surface area contributed by atoms with Crippen molar-refractivity contribution in [3.05, 3.63) is 29.6 Å². The van der Waals surface area contributed by atoms with Crippen LogP contribution in [0.4, 0.5) is 10.1 Å². The van der Waals surface area contributed by atoms with E-state index in [1.165, 1.54) is 12.1 Å². The van der Waals surface area contributed by atoms with Gasteiger partial charge in [-0.1, -0.05) is 11.8 Å². The van der Waals surface area contributed by atoms with Crippen molar-refractivity contribution >= 4 is 11.6 Å². The van der Waals surface area contributed by atoms with Crippen LogP contribution < -0.4 is 11.1 Å². The minimum Gasteiger partial charge on any atom is -0.376 e. The summed E-state index contributed by atoms with van der Waals surface area (Å²) < 4.78 is 24.2. The first-order valence-corrected chi connectivity index (χ1v) is 6.19. The molecule has 2 rings (SSSR count). The van der Waals surface area contributed by atoms with Crippen LogP contribution in [0.3, 0.4) is 0 Å². The van der Waals surface area contributed by atoms with E-state index in [0.717, 1.165) is 0 Å². The Balaban J connectivity index is 2.03. The number of anilines is 1. The smallest absolute Gasteiger partial charge is 0.255 e. The third-order valence-corrected chi connectivity index (χ3v) is 2.67. The maximum absolute atomic E-state index is 13.8. The normalized spacial score (nSPS) is 18.0. The fourth-order valence-corrected chi connectivity index (χ4v) is 1.70. The number of benzene rings is 1. The molecular weight excluding hydrogens is 263 g/mol. The van der Waals surface area contributed by atoms with Gasteiger partial charge in [0.2, 0.25) is 0 Å². The summed E-state index contributed by atoms with van der Waals surface area (Å²) in [6, 6.07) is 4.31. The predicted octanol–water partition coefficient (Wildman–Crippen LogP) is 0.490. The second-order valence-electron chi connectivity index (χ2n) is 4.12. The van der Waals surface area contributed by atoms with Crippen LogP contribution in [0.25, 0.3) is 0 Å². The highest BCUT2D eigenvalue weighted by Crippen LogP contribution is 2.16. The van der Waals surface area contributed by atoms with Crippen LogP contribution in [0.1, 0.15) is 5.56 Å². The van der Waals surface area contributed by atoms with E-state index in [0.29, 0.717) is 18.8 Å². The van der Waals surface area contributed by atoms with Crippen molar-refractivity contribution < 1.29 is 18.7 Å². The Labute approximate surface area is 116 Å². The molecule has 1 aromatic rings.